The second-order valence-electron chi connectivity index (χ2n) is 5.86. The molecule has 0 radical (unpaired) electrons. The van der Waals surface area contributed by atoms with Crippen LogP contribution in [0.5, 0.6) is 11.5 Å². The van der Waals surface area contributed by atoms with Crippen molar-refractivity contribution in [3.63, 3.8) is 0 Å². The zero-order valence-corrected chi connectivity index (χ0v) is 17.0. The van der Waals surface area contributed by atoms with E-state index in [4.69, 9.17) is 4.74 Å². The van der Waals surface area contributed by atoms with Gasteiger partial charge >= 0.3 is 0 Å². The largest absolute Gasteiger partial charge is 0.506 e. The van der Waals surface area contributed by atoms with Crippen LogP contribution in [0.15, 0.2) is 34.6 Å². The Balaban J connectivity index is 1.76. The van der Waals surface area contributed by atoms with E-state index in [0.717, 1.165) is 11.3 Å². The molecule has 148 valence electrons. The molecule has 0 aliphatic carbocycles. The first-order chi connectivity index (χ1) is 14.0. The number of benzene rings is 1. The molecule has 3 heterocycles. The summed E-state index contributed by atoms with van der Waals surface area (Å²) >= 11 is 2.53. The molecule has 0 fully saturated rings. The Labute approximate surface area is 172 Å². The maximum Gasteiger partial charge on any atom is 0.267 e. The Kier molecular flexibility index (Phi) is 4.99. The quantitative estimate of drug-likeness (QED) is 0.500. The summed E-state index contributed by atoms with van der Waals surface area (Å²) in [6.45, 7) is 2.12. The van der Waals surface area contributed by atoms with Crippen LogP contribution >= 0.6 is 22.7 Å². The van der Waals surface area contributed by atoms with Crippen LogP contribution in [-0.2, 0) is 6.54 Å². The Morgan fingerprint density at radius 3 is 2.83 bits per heavy atom. The Morgan fingerprint density at radius 1 is 1.31 bits per heavy atom. The van der Waals surface area contributed by atoms with Crippen LogP contribution < -0.4 is 15.6 Å². The third kappa shape index (κ3) is 3.34. The number of pyridine rings is 1. The molecule has 0 aliphatic heterocycles. The number of aromatic hydroxyl groups is 1. The number of ether oxygens (including phenoxy) is 1. The number of nitrogens with zero attached hydrogens (tertiary/aromatic N) is 4. The molecule has 0 atom stereocenters. The fourth-order valence-corrected chi connectivity index (χ4v) is 4.33. The molecule has 0 spiro atoms. The SMILES string of the molecule is CCn1c(=O)c(C(=O)Nc2nnc(-c3nccs3)s2)c(O)c2cc(OC)ccc21. The van der Waals surface area contributed by atoms with Gasteiger partial charge in [-0.2, -0.15) is 0 Å². The molecule has 11 heteroatoms. The highest BCUT2D eigenvalue weighted by Gasteiger charge is 2.23. The van der Waals surface area contributed by atoms with Gasteiger partial charge in [0.15, 0.2) is 10.0 Å². The molecule has 3 aromatic heterocycles. The van der Waals surface area contributed by atoms with E-state index in [1.165, 1.54) is 23.0 Å². The molecule has 2 N–H and O–H groups in total. The van der Waals surface area contributed by atoms with E-state index in [2.05, 4.69) is 20.5 Å². The summed E-state index contributed by atoms with van der Waals surface area (Å²) in [5, 5.41) is 24.7. The number of hydrogen-bond donors (Lipinski definition) is 2. The smallest absolute Gasteiger partial charge is 0.267 e. The predicted octanol–water partition coefficient (Wildman–Crippen LogP) is 2.96. The maximum atomic E-state index is 12.9. The third-order valence-electron chi connectivity index (χ3n) is 4.25. The van der Waals surface area contributed by atoms with Gasteiger partial charge in [0, 0.05) is 23.5 Å². The first-order valence-corrected chi connectivity index (χ1v) is 10.2. The van der Waals surface area contributed by atoms with Gasteiger partial charge in [-0.3, -0.25) is 14.9 Å². The highest BCUT2D eigenvalue weighted by Crippen LogP contribution is 2.31. The van der Waals surface area contributed by atoms with E-state index in [-0.39, 0.29) is 10.7 Å². The van der Waals surface area contributed by atoms with Crippen molar-refractivity contribution in [3.8, 4) is 21.5 Å². The van der Waals surface area contributed by atoms with E-state index in [0.29, 0.717) is 33.2 Å². The fraction of sp³-hybridized carbons (Fsp3) is 0.167. The number of carbonyl (C=O) groups excluding carboxylic acids is 1. The van der Waals surface area contributed by atoms with Crippen molar-refractivity contribution in [1.29, 1.82) is 0 Å². The van der Waals surface area contributed by atoms with Crippen LogP contribution in [-0.4, -0.2) is 37.9 Å². The molecule has 0 aliphatic rings. The number of aromatic nitrogens is 4. The normalized spacial score (nSPS) is 11.0. The van der Waals surface area contributed by atoms with E-state index in [1.54, 1.807) is 31.3 Å². The molecule has 4 aromatic rings. The lowest BCUT2D eigenvalue weighted by atomic mass is 10.1. The lowest BCUT2D eigenvalue weighted by molar-refractivity contribution is 0.102. The third-order valence-corrected chi connectivity index (χ3v) is 6.00. The molecule has 0 saturated heterocycles. The molecular formula is C18H15N5O4S2. The lowest BCUT2D eigenvalue weighted by Crippen LogP contribution is -2.29. The van der Waals surface area contributed by atoms with Crippen molar-refractivity contribution in [2.24, 2.45) is 0 Å². The number of carbonyl (C=O) groups is 1. The Morgan fingerprint density at radius 2 is 2.14 bits per heavy atom. The highest BCUT2D eigenvalue weighted by molar-refractivity contribution is 7.22. The topological polar surface area (TPSA) is 119 Å². The summed E-state index contributed by atoms with van der Waals surface area (Å²) < 4.78 is 6.62. The van der Waals surface area contributed by atoms with Gasteiger partial charge in [0.1, 0.15) is 17.1 Å². The Bertz CT molecular complexity index is 1260. The monoisotopic (exact) mass is 429 g/mol. The first kappa shape index (κ1) is 19.0. The van der Waals surface area contributed by atoms with Gasteiger partial charge in [0.05, 0.1) is 12.6 Å². The number of hydrogen-bond acceptors (Lipinski definition) is 9. The standard InChI is InChI=1S/C18H15N5O4S2/c1-3-23-11-5-4-9(27-2)8-10(11)13(24)12(17(23)26)14(25)20-18-22-21-16(29-18)15-19-6-7-28-15/h4-8,24H,3H2,1-2H3,(H,20,22,25). The molecule has 9 nitrogen and oxygen atoms in total. The van der Waals surface area contributed by atoms with Gasteiger partial charge in [0.25, 0.3) is 11.5 Å². The first-order valence-electron chi connectivity index (χ1n) is 8.51. The van der Waals surface area contributed by atoms with Gasteiger partial charge in [-0.05, 0) is 25.1 Å². The van der Waals surface area contributed by atoms with Gasteiger partial charge < -0.3 is 14.4 Å². The summed E-state index contributed by atoms with van der Waals surface area (Å²) in [5.74, 6) is -0.672. The highest BCUT2D eigenvalue weighted by atomic mass is 32.1. The van der Waals surface area contributed by atoms with Crippen LogP contribution in [0.25, 0.3) is 20.9 Å². The number of thiazole rings is 1. The average Bonchev–Trinajstić information content (AvgIpc) is 3.40. The maximum absolute atomic E-state index is 12.9. The number of anilines is 1. The van der Waals surface area contributed by atoms with Crippen molar-refractivity contribution >= 4 is 44.6 Å². The fourth-order valence-electron chi connectivity index (χ4n) is 2.91. The van der Waals surface area contributed by atoms with E-state index < -0.39 is 17.2 Å². The minimum absolute atomic E-state index is 0.202. The zero-order valence-electron chi connectivity index (χ0n) is 15.4. The van der Waals surface area contributed by atoms with Crippen LogP contribution in [0.3, 0.4) is 0 Å². The van der Waals surface area contributed by atoms with Crippen LogP contribution in [0.1, 0.15) is 17.3 Å². The molecule has 0 bridgehead atoms. The number of aryl methyl sites for hydroxylation is 1. The molecular weight excluding hydrogens is 414 g/mol. The van der Waals surface area contributed by atoms with E-state index in [1.807, 2.05) is 5.38 Å². The molecule has 1 aromatic carbocycles. The second kappa shape index (κ2) is 7.60. The summed E-state index contributed by atoms with van der Waals surface area (Å²) in [4.78, 5) is 29.9. The van der Waals surface area contributed by atoms with Gasteiger partial charge in [-0.1, -0.05) is 11.3 Å². The summed E-state index contributed by atoms with van der Waals surface area (Å²) in [7, 11) is 1.50. The van der Waals surface area contributed by atoms with Gasteiger partial charge in [0.2, 0.25) is 5.13 Å². The van der Waals surface area contributed by atoms with Crippen molar-refractivity contribution < 1.29 is 14.6 Å². The van der Waals surface area contributed by atoms with E-state index in [9.17, 15) is 14.7 Å². The number of methoxy groups -OCH3 is 1. The van der Waals surface area contributed by atoms with Crippen molar-refractivity contribution in [3.05, 3.63) is 45.7 Å². The van der Waals surface area contributed by atoms with Crippen LogP contribution in [0.2, 0.25) is 0 Å². The van der Waals surface area contributed by atoms with Crippen molar-refractivity contribution in [2.45, 2.75) is 13.5 Å². The summed E-state index contributed by atoms with van der Waals surface area (Å²) in [6, 6.07) is 4.94. The summed E-state index contributed by atoms with van der Waals surface area (Å²) in [5.41, 5.74) is -0.447. The minimum Gasteiger partial charge on any atom is -0.506 e. The number of nitrogens with one attached hydrogen (secondary N) is 1. The van der Waals surface area contributed by atoms with Crippen molar-refractivity contribution in [1.82, 2.24) is 19.7 Å². The van der Waals surface area contributed by atoms with Crippen LogP contribution in [0.4, 0.5) is 5.13 Å². The average molecular weight is 429 g/mol. The number of fused-ring (bicyclic) bond motifs is 1. The van der Waals surface area contributed by atoms with Gasteiger partial charge in [-0.25, -0.2) is 4.98 Å². The summed E-state index contributed by atoms with van der Waals surface area (Å²) in [6.07, 6.45) is 1.65. The predicted molar refractivity (Wildman–Crippen MR) is 111 cm³/mol. The van der Waals surface area contributed by atoms with E-state index >= 15 is 0 Å². The minimum atomic E-state index is -0.763. The van der Waals surface area contributed by atoms with Crippen molar-refractivity contribution in [2.75, 3.05) is 12.4 Å². The molecule has 4 rings (SSSR count). The number of rotatable bonds is 5. The zero-order chi connectivity index (χ0) is 20.5. The molecule has 0 unspecified atom stereocenters. The lowest BCUT2D eigenvalue weighted by Gasteiger charge is -2.14. The molecule has 0 saturated carbocycles. The molecule has 29 heavy (non-hydrogen) atoms. The number of amides is 1. The van der Waals surface area contributed by atoms with Crippen LogP contribution in [0, 0.1) is 0 Å². The second-order valence-corrected chi connectivity index (χ2v) is 7.73. The Hall–Kier alpha value is -3.31. The van der Waals surface area contributed by atoms with Gasteiger partial charge in [-0.15, -0.1) is 21.5 Å². The molecule has 1 amide bonds.